The van der Waals surface area contributed by atoms with Crippen molar-refractivity contribution in [3.05, 3.63) is 29.0 Å². The number of aromatic nitrogens is 1. The van der Waals surface area contributed by atoms with Gasteiger partial charge in [0.25, 0.3) is 0 Å². The zero-order valence-electron chi connectivity index (χ0n) is 9.98. The first kappa shape index (κ1) is 11.5. The predicted octanol–water partition coefficient (Wildman–Crippen LogP) is 2.02. The maximum atomic E-state index is 5.91. The summed E-state index contributed by atoms with van der Waals surface area (Å²) in [6.07, 6.45) is 4.54. The third-order valence-electron chi connectivity index (χ3n) is 3.87. The topological polar surface area (TPSA) is 19.4 Å². The first-order chi connectivity index (χ1) is 8.31. The maximum absolute atomic E-state index is 5.91. The Morgan fingerprint density at radius 3 is 3.18 bits per heavy atom. The molecular formula is C13H18ClN3. The summed E-state index contributed by atoms with van der Waals surface area (Å²) in [5, 5.41) is 0.599. The van der Waals surface area contributed by atoms with Crippen molar-refractivity contribution in [1.82, 2.24) is 14.8 Å². The van der Waals surface area contributed by atoms with E-state index in [0.717, 1.165) is 12.6 Å². The number of pyridine rings is 1. The molecule has 2 aliphatic heterocycles. The molecule has 2 fully saturated rings. The zero-order valence-corrected chi connectivity index (χ0v) is 10.7. The molecule has 0 aliphatic carbocycles. The molecule has 3 nitrogen and oxygen atoms in total. The van der Waals surface area contributed by atoms with Crippen molar-refractivity contribution in [2.75, 3.05) is 26.2 Å². The van der Waals surface area contributed by atoms with Crippen LogP contribution in [0.2, 0.25) is 5.15 Å². The van der Waals surface area contributed by atoms with Crippen molar-refractivity contribution in [2.45, 2.75) is 25.4 Å². The lowest BCUT2D eigenvalue weighted by molar-refractivity contribution is 0.0993. The van der Waals surface area contributed by atoms with Gasteiger partial charge in [0.05, 0.1) is 0 Å². The van der Waals surface area contributed by atoms with E-state index in [4.69, 9.17) is 11.6 Å². The van der Waals surface area contributed by atoms with Crippen LogP contribution in [-0.2, 0) is 6.54 Å². The van der Waals surface area contributed by atoms with Gasteiger partial charge in [-0.05, 0) is 37.1 Å². The molecule has 1 aromatic heterocycles. The fraction of sp³-hybridized carbons (Fsp3) is 0.615. The zero-order chi connectivity index (χ0) is 11.7. The van der Waals surface area contributed by atoms with Gasteiger partial charge in [0.1, 0.15) is 5.15 Å². The lowest BCUT2D eigenvalue weighted by Gasteiger charge is -2.37. The van der Waals surface area contributed by atoms with Crippen molar-refractivity contribution in [3.63, 3.8) is 0 Å². The van der Waals surface area contributed by atoms with Crippen LogP contribution in [0.25, 0.3) is 0 Å². The molecule has 1 aromatic rings. The van der Waals surface area contributed by atoms with Gasteiger partial charge >= 0.3 is 0 Å². The number of hydrogen-bond donors (Lipinski definition) is 0. The quantitative estimate of drug-likeness (QED) is 0.750. The molecule has 17 heavy (non-hydrogen) atoms. The summed E-state index contributed by atoms with van der Waals surface area (Å²) in [5.74, 6) is 0. The van der Waals surface area contributed by atoms with Crippen LogP contribution < -0.4 is 0 Å². The molecule has 0 amide bonds. The molecule has 0 bridgehead atoms. The van der Waals surface area contributed by atoms with E-state index in [2.05, 4.69) is 20.9 Å². The number of piperazine rings is 1. The first-order valence-corrected chi connectivity index (χ1v) is 6.76. The van der Waals surface area contributed by atoms with Gasteiger partial charge in [-0.2, -0.15) is 0 Å². The van der Waals surface area contributed by atoms with Crippen LogP contribution in [-0.4, -0.2) is 47.0 Å². The van der Waals surface area contributed by atoms with Crippen molar-refractivity contribution >= 4 is 11.6 Å². The van der Waals surface area contributed by atoms with Gasteiger partial charge in [-0.3, -0.25) is 9.80 Å². The summed E-state index contributed by atoms with van der Waals surface area (Å²) in [5.41, 5.74) is 1.27. The molecule has 4 heteroatoms. The molecule has 3 heterocycles. The summed E-state index contributed by atoms with van der Waals surface area (Å²) >= 11 is 5.91. The van der Waals surface area contributed by atoms with Crippen molar-refractivity contribution in [2.24, 2.45) is 0 Å². The van der Waals surface area contributed by atoms with Crippen molar-refractivity contribution in [1.29, 1.82) is 0 Å². The largest absolute Gasteiger partial charge is 0.298 e. The normalized spacial score (nSPS) is 26.1. The second-order valence-electron chi connectivity index (χ2n) is 5.05. The molecule has 0 radical (unpaired) electrons. The molecule has 0 spiro atoms. The van der Waals surface area contributed by atoms with Gasteiger partial charge in [-0.25, -0.2) is 4.98 Å². The molecule has 0 saturated carbocycles. The Bertz CT molecular complexity index is 396. The minimum Gasteiger partial charge on any atom is -0.298 e. The third kappa shape index (κ3) is 2.62. The Kier molecular flexibility index (Phi) is 3.32. The van der Waals surface area contributed by atoms with Crippen LogP contribution in [0.3, 0.4) is 0 Å². The van der Waals surface area contributed by atoms with Gasteiger partial charge in [0.2, 0.25) is 0 Å². The van der Waals surface area contributed by atoms with E-state index in [-0.39, 0.29) is 0 Å². The van der Waals surface area contributed by atoms with Crippen LogP contribution in [0.1, 0.15) is 18.4 Å². The first-order valence-electron chi connectivity index (χ1n) is 6.38. The van der Waals surface area contributed by atoms with E-state index < -0.39 is 0 Å². The average Bonchev–Trinajstić information content (AvgIpc) is 2.76. The van der Waals surface area contributed by atoms with Gasteiger partial charge in [-0.15, -0.1) is 0 Å². The Morgan fingerprint density at radius 1 is 1.35 bits per heavy atom. The summed E-state index contributed by atoms with van der Waals surface area (Å²) in [4.78, 5) is 9.20. The van der Waals surface area contributed by atoms with Gasteiger partial charge in [0, 0.05) is 38.4 Å². The highest BCUT2D eigenvalue weighted by Crippen LogP contribution is 2.22. The lowest BCUT2D eigenvalue weighted by Crippen LogP contribution is -2.49. The molecule has 92 valence electrons. The van der Waals surface area contributed by atoms with Crippen LogP contribution in [0.4, 0.5) is 0 Å². The molecular weight excluding hydrogens is 234 g/mol. The Balaban J connectivity index is 1.62. The van der Waals surface area contributed by atoms with Crippen molar-refractivity contribution in [3.8, 4) is 0 Å². The van der Waals surface area contributed by atoms with Crippen LogP contribution in [0, 0.1) is 0 Å². The molecule has 2 aliphatic rings. The van der Waals surface area contributed by atoms with E-state index in [0.29, 0.717) is 5.15 Å². The van der Waals surface area contributed by atoms with Gasteiger partial charge in [-0.1, -0.05) is 11.6 Å². The van der Waals surface area contributed by atoms with Crippen LogP contribution in [0.15, 0.2) is 18.3 Å². The number of rotatable bonds is 2. The van der Waals surface area contributed by atoms with Gasteiger partial charge in [0.15, 0.2) is 0 Å². The van der Waals surface area contributed by atoms with E-state index in [1.54, 1.807) is 6.20 Å². The highest BCUT2D eigenvalue weighted by molar-refractivity contribution is 6.29. The lowest BCUT2D eigenvalue weighted by atomic mass is 10.1. The minimum absolute atomic E-state index is 0.599. The minimum atomic E-state index is 0.599. The number of nitrogens with zero attached hydrogens (tertiary/aromatic N) is 3. The number of halogens is 1. The monoisotopic (exact) mass is 251 g/mol. The van der Waals surface area contributed by atoms with E-state index in [9.17, 15) is 0 Å². The molecule has 1 atom stereocenters. The van der Waals surface area contributed by atoms with E-state index in [1.807, 2.05) is 6.07 Å². The smallest absolute Gasteiger partial charge is 0.129 e. The summed E-state index contributed by atoms with van der Waals surface area (Å²) < 4.78 is 0. The number of hydrogen-bond acceptors (Lipinski definition) is 3. The molecule has 3 rings (SSSR count). The predicted molar refractivity (Wildman–Crippen MR) is 69.1 cm³/mol. The average molecular weight is 252 g/mol. The Labute approximate surface area is 107 Å². The molecule has 0 aromatic carbocycles. The Hall–Kier alpha value is -0.640. The summed E-state index contributed by atoms with van der Waals surface area (Å²) in [6, 6.07) is 4.83. The summed E-state index contributed by atoms with van der Waals surface area (Å²) in [6.45, 7) is 5.92. The van der Waals surface area contributed by atoms with Crippen molar-refractivity contribution < 1.29 is 0 Å². The van der Waals surface area contributed by atoms with E-state index >= 15 is 0 Å². The molecule has 1 unspecified atom stereocenters. The maximum Gasteiger partial charge on any atom is 0.129 e. The molecule has 0 N–H and O–H groups in total. The second kappa shape index (κ2) is 4.92. The number of fused-ring (bicyclic) bond motifs is 1. The highest BCUT2D eigenvalue weighted by atomic mass is 35.5. The Morgan fingerprint density at radius 2 is 2.29 bits per heavy atom. The van der Waals surface area contributed by atoms with Gasteiger partial charge < -0.3 is 0 Å². The van der Waals surface area contributed by atoms with E-state index in [1.165, 1.54) is 44.6 Å². The van der Waals surface area contributed by atoms with Crippen LogP contribution >= 0.6 is 11.6 Å². The summed E-state index contributed by atoms with van der Waals surface area (Å²) in [7, 11) is 0. The second-order valence-corrected chi connectivity index (χ2v) is 5.44. The highest BCUT2D eigenvalue weighted by Gasteiger charge is 2.30. The van der Waals surface area contributed by atoms with Crippen LogP contribution in [0.5, 0.6) is 0 Å². The third-order valence-corrected chi connectivity index (χ3v) is 4.08. The standard InChI is InChI=1S/C13H18ClN3/c14-13-8-11(3-4-15-13)9-16-6-7-17-5-1-2-12(17)10-16/h3-4,8,12H,1-2,5-7,9-10H2. The molecule has 2 saturated heterocycles. The fourth-order valence-electron chi connectivity index (χ4n) is 3.00. The SMILES string of the molecule is Clc1cc(CN2CCN3CCCC3C2)ccn1. The fourth-order valence-corrected chi connectivity index (χ4v) is 3.19.